The number of carbonyl (C=O) groups excluding carboxylic acids is 1. The molecule has 12 heteroatoms. The van der Waals surface area contributed by atoms with Crippen LogP contribution in [0.2, 0.25) is 10.0 Å². The number of aromatic nitrogens is 3. The van der Waals surface area contributed by atoms with Crippen LogP contribution in [0.1, 0.15) is 12.8 Å². The molecule has 1 amide bonds. The van der Waals surface area contributed by atoms with Crippen molar-refractivity contribution in [2.24, 2.45) is 5.41 Å². The lowest BCUT2D eigenvalue weighted by molar-refractivity contribution is -0.111. The summed E-state index contributed by atoms with van der Waals surface area (Å²) in [5.74, 6) is 1.22. The topological polar surface area (TPSA) is 102 Å². The fourth-order valence-electron chi connectivity index (χ4n) is 6.84. The molecule has 7 rings (SSSR count). The Morgan fingerprint density at radius 2 is 1.66 bits per heavy atom. The Morgan fingerprint density at radius 1 is 0.957 bits per heavy atom. The van der Waals surface area contributed by atoms with Gasteiger partial charge in [-0.15, -0.1) is 0 Å². The summed E-state index contributed by atoms with van der Waals surface area (Å²) in [7, 11) is 4.73. The third-order valence-corrected chi connectivity index (χ3v) is 10.0. The molecule has 2 aromatic carbocycles. The first kappa shape index (κ1) is 31.1. The molecule has 1 spiro atoms. The summed E-state index contributed by atoms with van der Waals surface area (Å²) in [6, 6.07) is 9.51. The van der Waals surface area contributed by atoms with Crippen molar-refractivity contribution in [3.63, 3.8) is 0 Å². The van der Waals surface area contributed by atoms with Crippen molar-refractivity contribution < 1.29 is 19.0 Å². The normalized spacial score (nSPS) is 15.5. The second kappa shape index (κ2) is 12.3. The lowest BCUT2D eigenvalue weighted by Crippen LogP contribution is -2.60. The lowest BCUT2D eigenvalue weighted by Gasteiger charge is -2.54. The second-order valence-electron chi connectivity index (χ2n) is 12.0. The molecule has 0 bridgehead atoms. The van der Waals surface area contributed by atoms with Crippen LogP contribution in [0.3, 0.4) is 0 Å². The highest BCUT2D eigenvalue weighted by Gasteiger charge is 2.44. The summed E-state index contributed by atoms with van der Waals surface area (Å²) in [6.45, 7) is 7.57. The molecule has 0 unspecified atom stereocenters. The van der Waals surface area contributed by atoms with E-state index in [1.807, 2.05) is 34.9 Å². The summed E-state index contributed by atoms with van der Waals surface area (Å²) in [6.07, 6.45) is 8.94. The lowest BCUT2D eigenvalue weighted by atomic mass is 9.72. The van der Waals surface area contributed by atoms with Gasteiger partial charge in [-0.05, 0) is 50.2 Å². The molecule has 5 aromatic rings. The van der Waals surface area contributed by atoms with Crippen molar-refractivity contribution in [1.82, 2.24) is 19.7 Å². The first-order valence-corrected chi connectivity index (χ1v) is 16.0. The molecule has 5 heterocycles. The van der Waals surface area contributed by atoms with Crippen molar-refractivity contribution in [3.05, 3.63) is 71.6 Å². The number of ether oxygens (including phenoxy) is 3. The Balaban J connectivity index is 1.35. The van der Waals surface area contributed by atoms with E-state index in [1.165, 1.54) is 6.08 Å². The maximum Gasteiger partial charge on any atom is 0.247 e. The Bertz CT molecular complexity index is 2020. The summed E-state index contributed by atoms with van der Waals surface area (Å²) in [5.41, 5.74) is 6.02. The number of fused-ring (bicyclic) bond motifs is 3. The first-order chi connectivity index (χ1) is 22.8. The van der Waals surface area contributed by atoms with Crippen molar-refractivity contribution in [1.29, 1.82) is 0 Å². The number of amides is 1. The van der Waals surface area contributed by atoms with Gasteiger partial charge in [-0.2, -0.15) is 0 Å². The molecule has 3 aromatic heterocycles. The van der Waals surface area contributed by atoms with Crippen molar-refractivity contribution >= 4 is 57.0 Å². The highest BCUT2D eigenvalue weighted by atomic mass is 35.5. The number of rotatable bonds is 8. The van der Waals surface area contributed by atoms with Crippen LogP contribution in [0.25, 0.3) is 38.9 Å². The molecule has 2 N–H and O–H groups in total. The number of carbonyl (C=O) groups is 1. The van der Waals surface area contributed by atoms with E-state index in [0.717, 1.165) is 61.2 Å². The van der Waals surface area contributed by atoms with Crippen LogP contribution in [-0.4, -0.2) is 67.8 Å². The average molecular weight is 674 g/mol. The molecular weight excluding hydrogens is 639 g/mol. The monoisotopic (exact) mass is 672 g/mol. The standard InChI is InChI=1S/C35H34Cl2N6O4/c1-5-30(44)41-24-13-21(27(45-2)15-26(24)42-18-35(19-42)6-8-38-9-7-35)23-14-25-20(17-40-23)12-22(34-39-10-11-43(25)34)31-32(36)28(46-3)16-29(47-4)33(31)37/h5,10-17,38H,1,6-9,18-19H2,2-4H3,(H,41,44). The molecule has 2 aliphatic heterocycles. The van der Waals surface area contributed by atoms with E-state index in [0.29, 0.717) is 60.9 Å². The van der Waals surface area contributed by atoms with Gasteiger partial charge in [-0.3, -0.25) is 14.2 Å². The first-order valence-electron chi connectivity index (χ1n) is 15.3. The summed E-state index contributed by atoms with van der Waals surface area (Å²) >= 11 is 13.6. The van der Waals surface area contributed by atoms with Crippen LogP contribution < -0.4 is 29.7 Å². The fourth-order valence-corrected chi connectivity index (χ4v) is 7.54. The van der Waals surface area contributed by atoms with Crippen LogP contribution in [0.5, 0.6) is 17.2 Å². The van der Waals surface area contributed by atoms with Gasteiger partial charge >= 0.3 is 0 Å². The molecule has 0 atom stereocenters. The average Bonchev–Trinajstić information content (AvgIpc) is 3.58. The SMILES string of the molecule is C=CC(=O)Nc1cc(-c2cc3c(cn2)cc(-c2c(Cl)c(OC)cc(OC)c2Cl)c2nccn23)c(OC)cc1N1CC2(CCNCC2)C1. The number of methoxy groups -OCH3 is 3. The molecule has 2 aliphatic rings. The van der Waals surface area contributed by atoms with Crippen LogP contribution in [-0.2, 0) is 4.79 Å². The molecule has 0 radical (unpaired) electrons. The largest absolute Gasteiger partial charge is 0.496 e. The Morgan fingerprint density at radius 3 is 2.32 bits per heavy atom. The Kier molecular flexibility index (Phi) is 8.11. The number of benzene rings is 2. The Labute approximate surface area is 282 Å². The van der Waals surface area contributed by atoms with Gasteiger partial charge in [0.1, 0.15) is 22.9 Å². The van der Waals surface area contributed by atoms with Gasteiger partial charge in [0, 0.05) is 71.3 Å². The fraction of sp³-hybridized carbons (Fsp3) is 0.286. The minimum atomic E-state index is -0.287. The van der Waals surface area contributed by atoms with Crippen LogP contribution >= 0.6 is 23.2 Å². The minimum Gasteiger partial charge on any atom is -0.496 e. The molecular formula is C35H34Cl2N6O4. The molecule has 2 fully saturated rings. The molecule has 0 saturated carbocycles. The van der Waals surface area contributed by atoms with E-state index in [1.54, 1.807) is 39.8 Å². The van der Waals surface area contributed by atoms with E-state index in [4.69, 9.17) is 42.4 Å². The zero-order chi connectivity index (χ0) is 32.9. The van der Waals surface area contributed by atoms with E-state index in [9.17, 15) is 4.79 Å². The Hall–Kier alpha value is -4.51. The maximum atomic E-state index is 12.6. The van der Waals surface area contributed by atoms with Gasteiger partial charge in [0.25, 0.3) is 0 Å². The predicted octanol–water partition coefficient (Wildman–Crippen LogP) is 6.86. The maximum absolute atomic E-state index is 12.6. The molecule has 242 valence electrons. The van der Waals surface area contributed by atoms with Gasteiger partial charge in [0.05, 0.1) is 54.0 Å². The number of hydrogen-bond donors (Lipinski definition) is 2. The van der Waals surface area contributed by atoms with Gasteiger partial charge < -0.3 is 29.7 Å². The van der Waals surface area contributed by atoms with Gasteiger partial charge in [0.15, 0.2) is 0 Å². The van der Waals surface area contributed by atoms with Crippen LogP contribution in [0.15, 0.2) is 61.6 Å². The van der Waals surface area contributed by atoms with Gasteiger partial charge in [-0.25, -0.2) is 4.98 Å². The highest BCUT2D eigenvalue weighted by molar-refractivity contribution is 6.41. The molecule has 0 aliphatic carbocycles. The number of imidazole rings is 1. The smallest absolute Gasteiger partial charge is 0.247 e. The quantitative estimate of drug-likeness (QED) is 0.172. The predicted molar refractivity (Wildman–Crippen MR) is 187 cm³/mol. The number of piperidine rings is 1. The van der Waals surface area contributed by atoms with E-state index >= 15 is 0 Å². The second-order valence-corrected chi connectivity index (χ2v) is 12.7. The van der Waals surface area contributed by atoms with Crippen molar-refractivity contribution in [2.75, 3.05) is 57.7 Å². The van der Waals surface area contributed by atoms with Crippen LogP contribution in [0.4, 0.5) is 11.4 Å². The number of nitrogens with zero attached hydrogens (tertiary/aromatic N) is 4. The highest BCUT2D eigenvalue weighted by Crippen LogP contribution is 2.49. The van der Waals surface area contributed by atoms with E-state index < -0.39 is 0 Å². The van der Waals surface area contributed by atoms with E-state index in [-0.39, 0.29) is 5.91 Å². The number of halogens is 2. The number of pyridine rings is 2. The third-order valence-electron chi connectivity index (χ3n) is 9.29. The zero-order valence-corrected chi connectivity index (χ0v) is 27.8. The van der Waals surface area contributed by atoms with Crippen molar-refractivity contribution in [3.8, 4) is 39.6 Å². The van der Waals surface area contributed by atoms with E-state index in [2.05, 4.69) is 27.1 Å². The summed E-state index contributed by atoms with van der Waals surface area (Å²) in [4.78, 5) is 24.4. The zero-order valence-electron chi connectivity index (χ0n) is 26.3. The van der Waals surface area contributed by atoms with Crippen LogP contribution in [0, 0.1) is 5.41 Å². The van der Waals surface area contributed by atoms with Crippen molar-refractivity contribution in [2.45, 2.75) is 12.8 Å². The number of anilines is 2. The third kappa shape index (κ3) is 5.30. The molecule has 10 nitrogen and oxygen atoms in total. The van der Waals surface area contributed by atoms with Gasteiger partial charge in [0.2, 0.25) is 5.91 Å². The molecule has 47 heavy (non-hydrogen) atoms. The number of hydrogen-bond acceptors (Lipinski definition) is 8. The molecule has 2 saturated heterocycles. The minimum absolute atomic E-state index is 0.287. The van der Waals surface area contributed by atoms with Gasteiger partial charge in [-0.1, -0.05) is 29.8 Å². The number of nitrogens with one attached hydrogen (secondary N) is 2. The summed E-state index contributed by atoms with van der Waals surface area (Å²) in [5, 5.41) is 8.00. The summed E-state index contributed by atoms with van der Waals surface area (Å²) < 4.78 is 18.9.